The predicted octanol–water partition coefficient (Wildman–Crippen LogP) is 3.24. The minimum absolute atomic E-state index is 0.00752. The Morgan fingerprint density at radius 1 is 1.19 bits per heavy atom. The van der Waals surface area contributed by atoms with E-state index in [0.29, 0.717) is 0 Å². The quantitative estimate of drug-likeness (QED) is 0.905. The van der Waals surface area contributed by atoms with Crippen LogP contribution in [0.1, 0.15) is 45.7 Å². The maximum Gasteiger partial charge on any atom is 0.408 e. The fraction of sp³-hybridized carbons (Fsp3) is 0.500. The van der Waals surface area contributed by atoms with Crippen molar-refractivity contribution in [2.24, 2.45) is 0 Å². The molecule has 0 saturated heterocycles. The summed E-state index contributed by atoms with van der Waals surface area (Å²) in [7, 11) is 1.58. The Labute approximate surface area is 125 Å². The van der Waals surface area contributed by atoms with E-state index in [4.69, 9.17) is 9.47 Å². The summed E-state index contributed by atoms with van der Waals surface area (Å²) in [6, 6.07) is 6.81. The van der Waals surface area contributed by atoms with Crippen molar-refractivity contribution in [3.05, 3.63) is 29.8 Å². The van der Waals surface area contributed by atoms with Crippen LogP contribution in [0.15, 0.2) is 24.3 Å². The number of ether oxygens (including phenoxy) is 2. The Morgan fingerprint density at radius 2 is 1.76 bits per heavy atom. The average Bonchev–Trinajstić information content (AvgIpc) is 2.35. The van der Waals surface area contributed by atoms with E-state index < -0.39 is 17.7 Å². The molecule has 0 aliphatic carbocycles. The minimum atomic E-state index is -0.579. The third kappa shape index (κ3) is 6.29. The van der Waals surface area contributed by atoms with Crippen LogP contribution in [-0.2, 0) is 9.53 Å². The molecule has 1 rings (SSSR count). The van der Waals surface area contributed by atoms with Gasteiger partial charge in [0.2, 0.25) is 0 Å². The Kier molecular flexibility index (Phi) is 5.76. The van der Waals surface area contributed by atoms with Gasteiger partial charge in [0, 0.05) is 6.42 Å². The number of hydrogen-bond acceptors (Lipinski definition) is 4. The molecule has 0 bridgehead atoms. The number of carbonyl (C=O) groups is 2. The lowest BCUT2D eigenvalue weighted by atomic mass is 10.0. The van der Waals surface area contributed by atoms with Gasteiger partial charge in [-0.2, -0.15) is 0 Å². The molecule has 0 fully saturated rings. The van der Waals surface area contributed by atoms with Crippen LogP contribution in [-0.4, -0.2) is 24.6 Å². The number of hydrogen-bond donors (Lipinski definition) is 1. The van der Waals surface area contributed by atoms with Crippen molar-refractivity contribution in [1.82, 2.24) is 5.32 Å². The van der Waals surface area contributed by atoms with Crippen LogP contribution in [0, 0.1) is 0 Å². The van der Waals surface area contributed by atoms with Crippen molar-refractivity contribution < 1.29 is 19.1 Å². The van der Waals surface area contributed by atoms with Gasteiger partial charge in [0.15, 0.2) is 0 Å². The molecule has 0 heterocycles. The third-order valence-electron chi connectivity index (χ3n) is 2.70. The Balaban J connectivity index is 2.84. The molecule has 0 aliphatic heterocycles. The number of methoxy groups -OCH3 is 1. The highest BCUT2D eigenvalue weighted by Gasteiger charge is 2.21. The molecule has 5 heteroatoms. The molecular weight excluding hydrogens is 270 g/mol. The van der Waals surface area contributed by atoms with Crippen molar-refractivity contribution in [3.63, 3.8) is 0 Å². The van der Waals surface area contributed by atoms with E-state index in [0.717, 1.165) is 11.3 Å². The zero-order valence-corrected chi connectivity index (χ0v) is 13.2. The van der Waals surface area contributed by atoms with E-state index in [1.807, 2.05) is 12.1 Å². The topological polar surface area (TPSA) is 64.6 Å². The van der Waals surface area contributed by atoms with Gasteiger partial charge in [-0.05, 0) is 45.4 Å². The maximum atomic E-state index is 11.9. The highest BCUT2D eigenvalue weighted by Crippen LogP contribution is 2.21. The second kappa shape index (κ2) is 7.11. The normalized spacial score (nSPS) is 12.4. The number of ketones is 1. The van der Waals surface area contributed by atoms with E-state index in [2.05, 4.69) is 5.32 Å². The number of benzene rings is 1. The SMILES string of the molecule is COc1ccc([C@H](CC(C)=O)NC(=O)OC(C)(C)C)cc1. The van der Waals surface area contributed by atoms with Crippen molar-refractivity contribution in [3.8, 4) is 5.75 Å². The fourth-order valence-electron chi connectivity index (χ4n) is 1.83. The number of alkyl carbamates (subject to hydrolysis) is 1. The molecule has 116 valence electrons. The van der Waals surface area contributed by atoms with Gasteiger partial charge in [0.05, 0.1) is 13.2 Å². The van der Waals surface area contributed by atoms with E-state index >= 15 is 0 Å². The average molecular weight is 293 g/mol. The molecule has 0 unspecified atom stereocenters. The number of carbonyl (C=O) groups excluding carboxylic acids is 2. The smallest absolute Gasteiger partial charge is 0.408 e. The lowest BCUT2D eigenvalue weighted by molar-refractivity contribution is -0.117. The summed E-state index contributed by atoms with van der Waals surface area (Å²) in [5, 5.41) is 2.74. The van der Waals surface area contributed by atoms with Gasteiger partial charge in [-0.3, -0.25) is 4.79 Å². The van der Waals surface area contributed by atoms with Crippen LogP contribution in [0.25, 0.3) is 0 Å². The largest absolute Gasteiger partial charge is 0.497 e. The van der Waals surface area contributed by atoms with Crippen molar-refractivity contribution in [2.45, 2.75) is 45.8 Å². The molecule has 0 saturated carbocycles. The summed E-state index contributed by atoms with van der Waals surface area (Å²) >= 11 is 0. The van der Waals surface area contributed by atoms with Crippen LogP contribution >= 0.6 is 0 Å². The molecule has 21 heavy (non-hydrogen) atoms. The van der Waals surface area contributed by atoms with Gasteiger partial charge in [-0.1, -0.05) is 12.1 Å². The zero-order chi connectivity index (χ0) is 16.0. The van der Waals surface area contributed by atoms with E-state index in [-0.39, 0.29) is 12.2 Å². The van der Waals surface area contributed by atoms with E-state index in [9.17, 15) is 9.59 Å². The Hall–Kier alpha value is -2.04. The van der Waals surface area contributed by atoms with Crippen molar-refractivity contribution in [2.75, 3.05) is 7.11 Å². The van der Waals surface area contributed by atoms with Crippen LogP contribution in [0.5, 0.6) is 5.75 Å². The predicted molar refractivity (Wildman–Crippen MR) is 80.4 cm³/mol. The zero-order valence-electron chi connectivity index (χ0n) is 13.2. The summed E-state index contributed by atoms with van der Waals surface area (Å²) in [6.07, 6.45) is -0.324. The molecular formula is C16H23NO4. The lowest BCUT2D eigenvalue weighted by Gasteiger charge is -2.23. The molecule has 1 aromatic carbocycles. The third-order valence-corrected chi connectivity index (χ3v) is 2.70. The summed E-state index contributed by atoms with van der Waals surface area (Å²) in [5.41, 5.74) is 0.252. The first-order valence-corrected chi connectivity index (χ1v) is 6.84. The van der Waals surface area contributed by atoms with E-state index in [1.54, 1.807) is 40.0 Å². The second-order valence-corrected chi connectivity index (χ2v) is 5.88. The standard InChI is InChI=1S/C16H23NO4/c1-11(18)10-14(17-15(19)21-16(2,3)4)12-6-8-13(20-5)9-7-12/h6-9,14H,10H2,1-5H3,(H,17,19)/t14-/m0/s1. The molecule has 1 aromatic rings. The van der Waals surface area contributed by atoms with Gasteiger partial charge in [0.25, 0.3) is 0 Å². The number of rotatable bonds is 5. The van der Waals surface area contributed by atoms with Gasteiger partial charge in [-0.25, -0.2) is 4.79 Å². The summed E-state index contributed by atoms with van der Waals surface area (Å²) in [6.45, 7) is 6.87. The minimum Gasteiger partial charge on any atom is -0.497 e. The van der Waals surface area contributed by atoms with Gasteiger partial charge in [0.1, 0.15) is 17.1 Å². The maximum absolute atomic E-state index is 11.9. The Morgan fingerprint density at radius 3 is 2.19 bits per heavy atom. The molecule has 1 amide bonds. The summed E-state index contributed by atoms with van der Waals surface area (Å²) in [5.74, 6) is 0.712. The summed E-state index contributed by atoms with van der Waals surface area (Å²) in [4.78, 5) is 23.3. The molecule has 0 aromatic heterocycles. The highest BCUT2D eigenvalue weighted by atomic mass is 16.6. The molecule has 0 aliphatic rings. The van der Waals surface area contributed by atoms with Crippen molar-refractivity contribution >= 4 is 11.9 Å². The molecule has 5 nitrogen and oxygen atoms in total. The van der Waals surface area contributed by atoms with E-state index in [1.165, 1.54) is 6.92 Å². The summed E-state index contributed by atoms with van der Waals surface area (Å²) < 4.78 is 10.3. The van der Waals surface area contributed by atoms with Crippen molar-refractivity contribution in [1.29, 1.82) is 0 Å². The van der Waals surface area contributed by atoms with Gasteiger partial charge < -0.3 is 14.8 Å². The van der Waals surface area contributed by atoms with Crippen LogP contribution in [0.4, 0.5) is 4.79 Å². The van der Waals surface area contributed by atoms with Gasteiger partial charge in [-0.15, -0.1) is 0 Å². The van der Waals surface area contributed by atoms with Crippen LogP contribution in [0.3, 0.4) is 0 Å². The molecule has 1 atom stereocenters. The first-order valence-electron chi connectivity index (χ1n) is 6.84. The fourth-order valence-corrected chi connectivity index (χ4v) is 1.83. The van der Waals surface area contributed by atoms with Crippen LogP contribution < -0.4 is 10.1 Å². The van der Waals surface area contributed by atoms with Gasteiger partial charge >= 0.3 is 6.09 Å². The first kappa shape index (κ1) is 17.0. The number of nitrogens with one attached hydrogen (secondary N) is 1. The molecule has 0 radical (unpaired) electrons. The molecule has 1 N–H and O–H groups in total. The highest BCUT2D eigenvalue weighted by molar-refractivity contribution is 5.77. The first-order chi connectivity index (χ1) is 9.71. The lowest BCUT2D eigenvalue weighted by Crippen LogP contribution is -2.35. The number of Topliss-reactive ketones (excluding diaryl/α,β-unsaturated/α-hetero) is 1. The Bertz CT molecular complexity index is 488. The molecule has 0 spiro atoms. The van der Waals surface area contributed by atoms with Crippen LogP contribution in [0.2, 0.25) is 0 Å². The number of amides is 1. The monoisotopic (exact) mass is 293 g/mol. The second-order valence-electron chi connectivity index (χ2n) is 5.88.